The zero-order chi connectivity index (χ0) is 14.1. The van der Waals surface area contributed by atoms with E-state index in [0.29, 0.717) is 0 Å². The molecule has 0 spiro atoms. The quantitative estimate of drug-likeness (QED) is 0.679. The van der Waals surface area contributed by atoms with Crippen molar-refractivity contribution >= 4 is 5.69 Å². The second kappa shape index (κ2) is 8.98. The molecule has 0 aliphatic rings. The Kier molecular flexibility index (Phi) is 7.57. The Hall–Kier alpha value is -1.02. The van der Waals surface area contributed by atoms with Gasteiger partial charge in [-0.1, -0.05) is 31.0 Å². The highest BCUT2D eigenvalue weighted by Gasteiger charge is 2.04. The standard InChI is InChI=1S/C17H30N2/c1-5-11-18-12-7-6-8-13-19(4)17-10-9-15(2)14-16(17)3/h9-10,14,18H,5-8,11-13H2,1-4H3. The summed E-state index contributed by atoms with van der Waals surface area (Å²) in [7, 11) is 2.20. The molecule has 1 aromatic rings. The Labute approximate surface area is 119 Å². The summed E-state index contributed by atoms with van der Waals surface area (Å²) in [6.07, 6.45) is 5.11. The first-order chi connectivity index (χ1) is 9.15. The molecule has 19 heavy (non-hydrogen) atoms. The summed E-state index contributed by atoms with van der Waals surface area (Å²) in [6, 6.07) is 6.71. The third-order valence-corrected chi connectivity index (χ3v) is 3.54. The number of rotatable bonds is 9. The fourth-order valence-electron chi connectivity index (χ4n) is 2.43. The highest BCUT2D eigenvalue weighted by atomic mass is 15.1. The van der Waals surface area contributed by atoms with Crippen LogP contribution in [0.2, 0.25) is 0 Å². The first kappa shape index (κ1) is 16.0. The van der Waals surface area contributed by atoms with Gasteiger partial charge in [-0.3, -0.25) is 0 Å². The number of aryl methyl sites for hydroxylation is 2. The predicted molar refractivity (Wildman–Crippen MR) is 86.2 cm³/mol. The smallest absolute Gasteiger partial charge is 0.0393 e. The van der Waals surface area contributed by atoms with Crippen LogP contribution in [0.25, 0.3) is 0 Å². The molecular weight excluding hydrogens is 232 g/mol. The lowest BCUT2D eigenvalue weighted by molar-refractivity contribution is 0.598. The molecule has 0 heterocycles. The van der Waals surface area contributed by atoms with Gasteiger partial charge in [-0.2, -0.15) is 0 Å². The monoisotopic (exact) mass is 262 g/mol. The Morgan fingerprint density at radius 3 is 2.53 bits per heavy atom. The summed E-state index contributed by atoms with van der Waals surface area (Å²) in [5, 5.41) is 3.46. The van der Waals surface area contributed by atoms with E-state index in [1.807, 2.05) is 0 Å². The maximum Gasteiger partial charge on any atom is 0.0393 e. The van der Waals surface area contributed by atoms with Crippen molar-refractivity contribution in [2.24, 2.45) is 0 Å². The van der Waals surface area contributed by atoms with E-state index in [0.717, 1.165) is 13.1 Å². The Bertz CT molecular complexity index is 360. The molecule has 0 radical (unpaired) electrons. The third kappa shape index (κ3) is 6.11. The van der Waals surface area contributed by atoms with E-state index in [1.54, 1.807) is 0 Å². The lowest BCUT2D eigenvalue weighted by Crippen LogP contribution is -2.20. The summed E-state index contributed by atoms with van der Waals surface area (Å²) in [6.45, 7) is 10.0. The topological polar surface area (TPSA) is 15.3 Å². The molecule has 1 N–H and O–H groups in total. The summed E-state index contributed by atoms with van der Waals surface area (Å²) >= 11 is 0. The van der Waals surface area contributed by atoms with E-state index >= 15 is 0 Å². The lowest BCUT2D eigenvalue weighted by Gasteiger charge is -2.21. The molecule has 0 bridgehead atoms. The number of nitrogens with zero attached hydrogens (tertiary/aromatic N) is 1. The fourth-order valence-corrected chi connectivity index (χ4v) is 2.43. The minimum absolute atomic E-state index is 1.15. The second-order valence-corrected chi connectivity index (χ2v) is 5.52. The number of nitrogens with one attached hydrogen (secondary N) is 1. The van der Waals surface area contributed by atoms with Crippen molar-refractivity contribution in [2.45, 2.75) is 46.5 Å². The number of benzene rings is 1. The van der Waals surface area contributed by atoms with Crippen LogP contribution in [-0.4, -0.2) is 26.7 Å². The maximum atomic E-state index is 3.46. The Morgan fingerprint density at radius 1 is 1.05 bits per heavy atom. The third-order valence-electron chi connectivity index (χ3n) is 3.54. The average molecular weight is 262 g/mol. The summed E-state index contributed by atoms with van der Waals surface area (Å²) < 4.78 is 0. The molecule has 0 aliphatic carbocycles. The van der Waals surface area contributed by atoms with Crippen molar-refractivity contribution in [3.05, 3.63) is 29.3 Å². The van der Waals surface area contributed by atoms with E-state index in [2.05, 4.69) is 56.2 Å². The van der Waals surface area contributed by atoms with Gasteiger partial charge >= 0.3 is 0 Å². The van der Waals surface area contributed by atoms with E-state index in [-0.39, 0.29) is 0 Å². The van der Waals surface area contributed by atoms with Crippen LogP contribution in [0.4, 0.5) is 5.69 Å². The fraction of sp³-hybridized carbons (Fsp3) is 0.647. The molecule has 1 aromatic carbocycles. The van der Waals surface area contributed by atoms with E-state index in [1.165, 1.54) is 49.0 Å². The highest BCUT2D eigenvalue weighted by molar-refractivity contribution is 5.53. The second-order valence-electron chi connectivity index (χ2n) is 5.52. The number of hydrogen-bond donors (Lipinski definition) is 1. The van der Waals surface area contributed by atoms with Gasteiger partial charge in [0.15, 0.2) is 0 Å². The predicted octanol–water partition coefficient (Wildman–Crippen LogP) is 3.91. The van der Waals surface area contributed by atoms with Crippen molar-refractivity contribution < 1.29 is 0 Å². The van der Waals surface area contributed by atoms with Gasteiger partial charge in [0, 0.05) is 19.3 Å². The van der Waals surface area contributed by atoms with E-state index in [9.17, 15) is 0 Å². The highest BCUT2D eigenvalue weighted by Crippen LogP contribution is 2.20. The van der Waals surface area contributed by atoms with Gasteiger partial charge in [0.2, 0.25) is 0 Å². The van der Waals surface area contributed by atoms with Crippen molar-refractivity contribution in [1.29, 1.82) is 0 Å². The number of anilines is 1. The Balaban J connectivity index is 2.22. The molecule has 2 nitrogen and oxygen atoms in total. The number of hydrogen-bond acceptors (Lipinski definition) is 2. The maximum absolute atomic E-state index is 3.46. The number of unbranched alkanes of at least 4 members (excludes halogenated alkanes) is 2. The zero-order valence-electron chi connectivity index (χ0n) is 13.1. The van der Waals surface area contributed by atoms with Crippen LogP contribution in [0.15, 0.2) is 18.2 Å². The molecule has 1 rings (SSSR count). The minimum atomic E-state index is 1.15. The largest absolute Gasteiger partial charge is 0.374 e. The van der Waals surface area contributed by atoms with Crippen LogP contribution in [0, 0.1) is 13.8 Å². The molecule has 0 saturated carbocycles. The van der Waals surface area contributed by atoms with Gasteiger partial charge in [-0.15, -0.1) is 0 Å². The molecule has 0 saturated heterocycles. The van der Waals surface area contributed by atoms with Gasteiger partial charge in [-0.05, 0) is 57.8 Å². The lowest BCUT2D eigenvalue weighted by atomic mass is 10.1. The van der Waals surface area contributed by atoms with Crippen LogP contribution in [0.1, 0.15) is 43.7 Å². The molecule has 0 amide bonds. The van der Waals surface area contributed by atoms with E-state index < -0.39 is 0 Å². The molecular formula is C17H30N2. The molecule has 0 fully saturated rings. The van der Waals surface area contributed by atoms with Crippen molar-refractivity contribution in [3.63, 3.8) is 0 Å². The van der Waals surface area contributed by atoms with Crippen LogP contribution in [0.3, 0.4) is 0 Å². The van der Waals surface area contributed by atoms with Gasteiger partial charge in [0.05, 0.1) is 0 Å². The van der Waals surface area contributed by atoms with E-state index in [4.69, 9.17) is 0 Å². The molecule has 2 heteroatoms. The Morgan fingerprint density at radius 2 is 1.84 bits per heavy atom. The van der Waals surface area contributed by atoms with Crippen molar-refractivity contribution in [3.8, 4) is 0 Å². The van der Waals surface area contributed by atoms with Crippen molar-refractivity contribution in [2.75, 3.05) is 31.6 Å². The summed E-state index contributed by atoms with van der Waals surface area (Å²) in [4.78, 5) is 2.38. The summed E-state index contributed by atoms with van der Waals surface area (Å²) in [5.74, 6) is 0. The first-order valence-corrected chi connectivity index (χ1v) is 7.64. The van der Waals surface area contributed by atoms with Crippen LogP contribution in [-0.2, 0) is 0 Å². The van der Waals surface area contributed by atoms with Crippen molar-refractivity contribution in [1.82, 2.24) is 5.32 Å². The molecule has 108 valence electrons. The first-order valence-electron chi connectivity index (χ1n) is 7.64. The SMILES string of the molecule is CCCNCCCCCN(C)c1ccc(C)cc1C. The molecule has 0 aromatic heterocycles. The van der Waals surface area contributed by atoms with Gasteiger partial charge in [0.25, 0.3) is 0 Å². The van der Waals surface area contributed by atoms with Crippen LogP contribution >= 0.6 is 0 Å². The normalized spacial score (nSPS) is 10.7. The van der Waals surface area contributed by atoms with Crippen LogP contribution in [0.5, 0.6) is 0 Å². The summed E-state index contributed by atoms with van der Waals surface area (Å²) in [5.41, 5.74) is 4.10. The zero-order valence-corrected chi connectivity index (χ0v) is 13.1. The van der Waals surface area contributed by atoms with Gasteiger partial charge < -0.3 is 10.2 Å². The minimum Gasteiger partial charge on any atom is -0.374 e. The molecule has 0 aliphatic heterocycles. The molecule has 0 atom stereocenters. The van der Waals surface area contributed by atoms with Gasteiger partial charge in [0.1, 0.15) is 0 Å². The average Bonchev–Trinajstić information content (AvgIpc) is 2.37. The van der Waals surface area contributed by atoms with Gasteiger partial charge in [-0.25, -0.2) is 0 Å². The van der Waals surface area contributed by atoms with Crippen LogP contribution < -0.4 is 10.2 Å². The molecule has 0 unspecified atom stereocenters.